The first-order valence-electron chi connectivity index (χ1n) is 9.16. The Morgan fingerprint density at radius 3 is 2.52 bits per heavy atom. The Morgan fingerprint density at radius 1 is 1.08 bits per heavy atom. The SMILES string of the molecule is C[C@H]1CCCCN1S(=O)(=O)c1cccc(C(=O)NN2CCCCC2)c1. The van der Waals surface area contributed by atoms with Gasteiger partial charge >= 0.3 is 0 Å². The van der Waals surface area contributed by atoms with Gasteiger partial charge < -0.3 is 0 Å². The van der Waals surface area contributed by atoms with Crippen LogP contribution in [-0.4, -0.2) is 49.3 Å². The van der Waals surface area contributed by atoms with E-state index in [1.807, 2.05) is 11.9 Å². The number of piperidine rings is 2. The first-order valence-corrected chi connectivity index (χ1v) is 10.6. The third-order valence-corrected chi connectivity index (χ3v) is 7.07. The zero-order chi connectivity index (χ0) is 17.9. The lowest BCUT2D eigenvalue weighted by Gasteiger charge is -2.32. The Kier molecular flexibility index (Phi) is 5.76. The quantitative estimate of drug-likeness (QED) is 0.889. The summed E-state index contributed by atoms with van der Waals surface area (Å²) in [6, 6.07) is 6.39. The molecule has 0 spiro atoms. The molecule has 1 atom stereocenters. The van der Waals surface area contributed by atoms with Crippen molar-refractivity contribution in [3.63, 3.8) is 0 Å². The van der Waals surface area contributed by atoms with Crippen molar-refractivity contribution >= 4 is 15.9 Å². The van der Waals surface area contributed by atoms with Gasteiger partial charge in [0.25, 0.3) is 5.91 Å². The molecule has 25 heavy (non-hydrogen) atoms. The Balaban J connectivity index is 1.77. The minimum atomic E-state index is -3.56. The summed E-state index contributed by atoms with van der Waals surface area (Å²) < 4.78 is 27.5. The number of rotatable bonds is 4. The number of carbonyl (C=O) groups excluding carboxylic acids is 1. The van der Waals surface area contributed by atoms with E-state index >= 15 is 0 Å². The van der Waals surface area contributed by atoms with Crippen LogP contribution in [0.1, 0.15) is 55.8 Å². The zero-order valence-electron chi connectivity index (χ0n) is 14.8. The molecule has 1 amide bonds. The van der Waals surface area contributed by atoms with E-state index in [0.717, 1.165) is 45.2 Å². The van der Waals surface area contributed by atoms with Gasteiger partial charge in [-0.15, -0.1) is 0 Å². The van der Waals surface area contributed by atoms with Crippen LogP contribution in [0.3, 0.4) is 0 Å². The van der Waals surface area contributed by atoms with Crippen molar-refractivity contribution in [1.29, 1.82) is 0 Å². The Labute approximate surface area is 150 Å². The lowest BCUT2D eigenvalue weighted by Crippen LogP contribution is -2.45. The molecule has 7 heteroatoms. The second-order valence-electron chi connectivity index (χ2n) is 6.98. The molecule has 2 aliphatic rings. The molecule has 2 heterocycles. The van der Waals surface area contributed by atoms with Crippen molar-refractivity contribution in [2.75, 3.05) is 19.6 Å². The van der Waals surface area contributed by atoms with Gasteiger partial charge in [-0.05, 0) is 50.8 Å². The van der Waals surface area contributed by atoms with Crippen LogP contribution in [-0.2, 0) is 10.0 Å². The summed E-state index contributed by atoms with van der Waals surface area (Å²) in [6.45, 7) is 4.18. The van der Waals surface area contributed by atoms with E-state index in [-0.39, 0.29) is 16.8 Å². The van der Waals surface area contributed by atoms with Crippen molar-refractivity contribution in [2.24, 2.45) is 0 Å². The van der Waals surface area contributed by atoms with Crippen molar-refractivity contribution < 1.29 is 13.2 Å². The number of hydrogen-bond acceptors (Lipinski definition) is 4. The summed E-state index contributed by atoms with van der Waals surface area (Å²) in [5, 5.41) is 1.92. The fourth-order valence-electron chi connectivity index (χ4n) is 3.58. The minimum absolute atomic E-state index is 0.00424. The van der Waals surface area contributed by atoms with E-state index in [0.29, 0.717) is 12.1 Å². The Morgan fingerprint density at radius 2 is 1.80 bits per heavy atom. The maximum atomic E-state index is 12.9. The number of hydrogen-bond donors (Lipinski definition) is 1. The molecule has 6 nitrogen and oxygen atoms in total. The number of hydrazine groups is 1. The van der Waals surface area contributed by atoms with Crippen LogP contribution >= 0.6 is 0 Å². The van der Waals surface area contributed by atoms with Crippen molar-refractivity contribution in [1.82, 2.24) is 14.7 Å². The standard InChI is InChI=1S/C18H27N3O3S/c1-15-8-3-6-13-21(15)25(23,24)17-10-7-9-16(14-17)18(22)19-20-11-4-2-5-12-20/h7,9-10,14-15H,2-6,8,11-13H2,1H3,(H,19,22)/t15-/m0/s1. The highest BCUT2D eigenvalue weighted by atomic mass is 32.2. The molecule has 3 rings (SSSR count). The fourth-order valence-corrected chi connectivity index (χ4v) is 5.32. The monoisotopic (exact) mass is 365 g/mol. The first-order chi connectivity index (χ1) is 12.0. The minimum Gasteiger partial charge on any atom is -0.285 e. The number of nitrogens with one attached hydrogen (secondary N) is 1. The maximum Gasteiger partial charge on any atom is 0.265 e. The predicted molar refractivity (Wildman–Crippen MR) is 96.5 cm³/mol. The molecule has 0 saturated carbocycles. The molecule has 1 aromatic rings. The molecule has 1 N–H and O–H groups in total. The highest BCUT2D eigenvalue weighted by molar-refractivity contribution is 7.89. The van der Waals surface area contributed by atoms with E-state index in [1.54, 1.807) is 22.5 Å². The molecule has 0 aliphatic carbocycles. The number of nitrogens with zero attached hydrogens (tertiary/aromatic N) is 2. The van der Waals surface area contributed by atoms with Gasteiger partial charge in [-0.1, -0.05) is 18.9 Å². The third kappa shape index (κ3) is 4.22. The number of benzene rings is 1. The summed E-state index contributed by atoms with van der Waals surface area (Å²) >= 11 is 0. The summed E-state index contributed by atoms with van der Waals surface area (Å²) in [4.78, 5) is 12.7. The second kappa shape index (κ2) is 7.85. The molecule has 2 saturated heterocycles. The fraction of sp³-hybridized carbons (Fsp3) is 0.611. The molecular formula is C18H27N3O3S. The lowest BCUT2D eigenvalue weighted by atomic mass is 10.1. The highest BCUT2D eigenvalue weighted by Crippen LogP contribution is 2.25. The molecule has 0 bridgehead atoms. The lowest BCUT2D eigenvalue weighted by molar-refractivity contribution is 0.0750. The van der Waals surface area contributed by atoms with E-state index in [1.165, 1.54) is 12.5 Å². The number of amides is 1. The zero-order valence-corrected chi connectivity index (χ0v) is 15.6. The molecule has 2 aliphatic heterocycles. The molecule has 0 aromatic heterocycles. The van der Waals surface area contributed by atoms with Crippen LogP contribution < -0.4 is 5.43 Å². The van der Waals surface area contributed by atoms with Crippen LogP contribution in [0.4, 0.5) is 0 Å². The van der Waals surface area contributed by atoms with Crippen LogP contribution in [0, 0.1) is 0 Å². The number of carbonyl (C=O) groups is 1. The average molecular weight is 365 g/mol. The maximum absolute atomic E-state index is 12.9. The van der Waals surface area contributed by atoms with Crippen LogP contribution in [0.25, 0.3) is 0 Å². The number of sulfonamides is 1. The van der Waals surface area contributed by atoms with Crippen LogP contribution in [0.2, 0.25) is 0 Å². The normalized spacial score (nSPS) is 23.3. The van der Waals surface area contributed by atoms with Crippen molar-refractivity contribution in [3.05, 3.63) is 29.8 Å². The van der Waals surface area contributed by atoms with Gasteiger partial charge in [0, 0.05) is 31.2 Å². The summed E-state index contributed by atoms with van der Waals surface area (Å²) in [7, 11) is -3.56. The largest absolute Gasteiger partial charge is 0.285 e. The topological polar surface area (TPSA) is 69.7 Å². The van der Waals surface area contributed by atoms with Crippen molar-refractivity contribution in [3.8, 4) is 0 Å². The Hall–Kier alpha value is -1.44. The first kappa shape index (κ1) is 18.4. The summed E-state index contributed by atoms with van der Waals surface area (Å²) in [6.07, 6.45) is 6.16. The molecule has 138 valence electrons. The van der Waals surface area contributed by atoms with Crippen LogP contribution in [0.15, 0.2) is 29.2 Å². The van der Waals surface area contributed by atoms with Gasteiger partial charge in [0.15, 0.2) is 0 Å². The molecule has 0 radical (unpaired) electrons. The van der Waals surface area contributed by atoms with Crippen LogP contribution in [0.5, 0.6) is 0 Å². The molecule has 2 fully saturated rings. The van der Waals surface area contributed by atoms with Gasteiger partial charge in [-0.25, -0.2) is 13.4 Å². The van der Waals surface area contributed by atoms with E-state index in [9.17, 15) is 13.2 Å². The third-order valence-electron chi connectivity index (χ3n) is 5.06. The smallest absolute Gasteiger partial charge is 0.265 e. The van der Waals surface area contributed by atoms with E-state index < -0.39 is 10.0 Å². The van der Waals surface area contributed by atoms with Gasteiger partial charge in [0.1, 0.15) is 0 Å². The van der Waals surface area contributed by atoms with Gasteiger partial charge in [-0.2, -0.15) is 4.31 Å². The Bertz CT molecular complexity index is 714. The van der Waals surface area contributed by atoms with Gasteiger partial charge in [0.05, 0.1) is 4.90 Å². The summed E-state index contributed by atoms with van der Waals surface area (Å²) in [5.41, 5.74) is 3.27. The van der Waals surface area contributed by atoms with Gasteiger partial charge in [0.2, 0.25) is 10.0 Å². The molecule has 1 aromatic carbocycles. The predicted octanol–water partition coefficient (Wildman–Crippen LogP) is 2.38. The average Bonchev–Trinajstić information content (AvgIpc) is 2.63. The summed E-state index contributed by atoms with van der Waals surface area (Å²) in [5.74, 6) is -0.245. The van der Waals surface area contributed by atoms with Gasteiger partial charge in [-0.3, -0.25) is 10.2 Å². The van der Waals surface area contributed by atoms with E-state index in [2.05, 4.69) is 5.43 Å². The molecule has 0 unspecified atom stereocenters. The van der Waals surface area contributed by atoms with E-state index in [4.69, 9.17) is 0 Å². The highest BCUT2D eigenvalue weighted by Gasteiger charge is 2.31. The second-order valence-corrected chi connectivity index (χ2v) is 8.87. The van der Waals surface area contributed by atoms with Crippen molar-refractivity contribution in [2.45, 2.75) is 56.4 Å². The molecular weight excluding hydrogens is 338 g/mol.